The SMILES string of the molecule is O=C(O)[C@@H](c1cccc(F)c1)[C@@H]1CCCCN1. The Kier molecular flexibility index (Phi) is 3.74. The Labute approximate surface area is 99.7 Å². The molecule has 0 aromatic heterocycles. The maximum atomic E-state index is 13.1. The van der Waals surface area contributed by atoms with E-state index in [0.29, 0.717) is 5.56 Å². The molecule has 1 saturated heterocycles. The summed E-state index contributed by atoms with van der Waals surface area (Å²) in [7, 11) is 0. The Morgan fingerprint density at radius 1 is 1.47 bits per heavy atom. The molecule has 0 amide bonds. The van der Waals surface area contributed by atoms with Gasteiger partial charge < -0.3 is 10.4 Å². The lowest BCUT2D eigenvalue weighted by molar-refractivity contribution is -0.139. The molecule has 17 heavy (non-hydrogen) atoms. The fourth-order valence-electron chi connectivity index (χ4n) is 2.41. The third kappa shape index (κ3) is 2.82. The zero-order valence-corrected chi connectivity index (χ0v) is 9.53. The molecule has 2 rings (SSSR count). The fourth-order valence-corrected chi connectivity index (χ4v) is 2.41. The third-order valence-corrected chi connectivity index (χ3v) is 3.22. The summed E-state index contributed by atoms with van der Waals surface area (Å²) in [6.07, 6.45) is 2.93. The van der Waals surface area contributed by atoms with Crippen LogP contribution in [-0.2, 0) is 4.79 Å². The van der Waals surface area contributed by atoms with Crippen molar-refractivity contribution in [1.82, 2.24) is 5.32 Å². The molecule has 0 aliphatic carbocycles. The summed E-state index contributed by atoms with van der Waals surface area (Å²) in [4.78, 5) is 11.3. The summed E-state index contributed by atoms with van der Waals surface area (Å²) in [5.74, 6) is -1.94. The van der Waals surface area contributed by atoms with Crippen molar-refractivity contribution in [1.29, 1.82) is 0 Å². The number of piperidine rings is 1. The van der Waals surface area contributed by atoms with Gasteiger partial charge in [0.15, 0.2) is 0 Å². The average molecular weight is 237 g/mol. The van der Waals surface area contributed by atoms with Gasteiger partial charge in [0.25, 0.3) is 0 Å². The standard InChI is InChI=1S/C13H16FNO2/c14-10-5-3-4-9(8-10)12(13(16)17)11-6-1-2-7-15-11/h3-5,8,11-12,15H,1-2,6-7H2,(H,16,17)/t11-,12-/m0/s1. The lowest BCUT2D eigenvalue weighted by Crippen LogP contribution is -2.41. The number of aliphatic carboxylic acids is 1. The second-order valence-electron chi connectivity index (χ2n) is 4.43. The predicted octanol–water partition coefficient (Wildman–Crippen LogP) is 2.14. The summed E-state index contributed by atoms with van der Waals surface area (Å²) < 4.78 is 13.1. The van der Waals surface area contributed by atoms with Crippen molar-refractivity contribution in [3.8, 4) is 0 Å². The lowest BCUT2D eigenvalue weighted by Gasteiger charge is -2.29. The highest BCUT2D eigenvalue weighted by Gasteiger charge is 2.30. The largest absolute Gasteiger partial charge is 0.481 e. The number of carboxylic acid groups (broad SMARTS) is 1. The number of benzene rings is 1. The molecule has 0 saturated carbocycles. The van der Waals surface area contributed by atoms with Crippen molar-refractivity contribution in [2.45, 2.75) is 31.2 Å². The van der Waals surface area contributed by atoms with E-state index in [0.717, 1.165) is 25.8 Å². The van der Waals surface area contributed by atoms with Crippen LogP contribution in [0.2, 0.25) is 0 Å². The molecule has 1 aromatic carbocycles. The molecule has 3 nitrogen and oxygen atoms in total. The second kappa shape index (κ2) is 5.27. The van der Waals surface area contributed by atoms with Crippen LogP contribution >= 0.6 is 0 Å². The van der Waals surface area contributed by atoms with Gasteiger partial charge in [-0.1, -0.05) is 18.6 Å². The summed E-state index contributed by atoms with van der Waals surface area (Å²) in [6, 6.07) is 5.79. The number of nitrogens with one attached hydrogen (secondary N) is 1. The van der Waals surface area contributed by atoms with Crippen LogP contribution in [0.1, 0.15) is 30.7 Å². The second-order valence-corrected chi connectivity index (χ2v) is 4.43. The van der Waals surface area contributed by atoms with Crippen molar-refractivity contribution >= 4 is 5.97 Å². The number of carbonyl (C=O) groups is 1. The van der Waals surface area contributed by atoms with Gasteiger partial charge in [0, 0.05) is 6.04 Å². The maximum absolute atomic E-state index is 13.1. The van der Waals surface area contributed by atoms with E-state index in [9.17, 15) is 14.3 Å². The minimum atomic E-state index is -0.894. The number of carboxylic acids is 1. The normalized spacial score (nSPS) is 22.1. The monoisotopic (exact) mass is 237 g/mol. The van der Waals surface area contributed by atoms with E-state index in [4.69, 9.17) is 0 Å². The first-order valence-corrected chi connectivity index (χ1v) is 5.90. The maximum Gasteiger partial charge on any atom is 0.312 e. The Morgan fingerprint density at radius 2 is 2.29 bits per heavy atom. The molecule has 92 valence electrons. The van der Waals surface area contributed by atoms with Gasteiger partial charge >= 0.3 is 5.97 Å². The first kappa shape index (κ1) is 12.0. The molecule has 1 aromatic rings. The van der Waals surface area contributed by atoms with Gasteiger partial charge in [-0.25, -0.2) is 4.39 Å². The zero-order chi connectivity index (χ0) is 12.3. The number of hydrogen-bond donors (Lipinski definition) is 2. The summed E-state index contributed by atoms with van der Waals surface area (Å²) in [6.45, 7) is 0.837. The van der Waals surface area contributed by atoms with Crippen LogP contribution in [-0.4, -0.2) is 23.7 Å². The Balaban J connectivity index is 2.25. The van der Waals surface area contributed by atoms with E-state index in [-0.39, 0.29) is 11.9 Å². The van der Waals surface area contributed by atoms with Crippen LogP contribution in [0.15, 0.2) is 24.3 Å². The number of halogens is 1. The van der Waals surface area contributed by atoms with Crippen molar-refractivity contribution in [2.24, 2.45) is 0 Å². The van der Waals surface area contributed by atoms with Crippen LogP contribution in [0.4, 0.5) is 4.39 Å². The fraction of sp³-hybridized carbons (Fsp3) is 0.462. The molecule has 2 atom stereocenters. The Morgan fingerprint density at radius 3 is 2.88 bits per heavy atom. The molecule has 1 fully saturated rings. The first-order chi connectivity index (χ1) is 8.18. The van der Waals surface area contributed by atoms with Gasteiger partial charge in [0.05, 0.1) is 5.92 Å². The van der Waals surface area contributed by atoms with Crippen molar-refractivity contribution < 1.29 is 14.3 Å². The number of rotatable bonds is 3. The highest BCUT2D eigenvalue weighted by Crippen LogP contribution is 2.26. The molecule has 0 unspecified atom stereocenters. The quantitative estimate of drug-likeness (QED) is 0.846. The average Bonchev–Trinajstić information content (AvgIpc) is 2.30. The van der Waals surface area contributed by atoms with Gasteiger partial charge in [-0.05, 0) is 37.1 Å². The van der Waals surface area contributed by atoms with Crippen molar-refractivity contribution in [3.05, 3.63) is 35.6 Å². The highest BCUT2D eigenvalue weighted by molar-refractivity contribution is 5.77. The van der Waals surface area contributed by atoms with Crippen LogP contribution in [0.3, 0.4) is 0 Å². The smallest absolute Gasteiger partial charge is 0.312 e. The molecular weight excluding hydrogens is 221 g/mol. The van der Waals surface area contributed by atoms with Crippen molar-refractivity contribution in [2.75, 3.05) is 6.54 Å². The summed E-state index contributed by atoms with van der Waals surface area (Å²) >= 11 is 0. The van der Waals surface area contributed by atoms with E-state index in [1.807, 2.05) is 0 Å². The van der Waals surface area contributed by atoms with E-state index >= 15 is 0 Å². The minimum Gasteiger partial charge on any atom is -0.481 e. The molecule has 0 spiro atoms. The van der Waals surface area contributed by atoms with Gasteiger partial charge in [0.2, 0.25) is 0 Å². The van der Waals surface area contributed by atoms with Crippen LogP contribution in [0, 0.1) is 5.82 Å². The Hall–Kier alpha value is -1.42. The minimum absolute atomic E-state index is 0.0944. The molecular formula is C13H16FNO2. The first-order valence-electron chi connectivity index (χ1n) is 5.90. The summed E-state index contributed by atoms with van der Waals surface area (Å²) in [5, 5.41) is 12.5. The molecule has 0 bridgehead atoms. The molecule has 1 heterocycles. The van der Waals surface area contributed by atoms with Crippen LogP contribution < -0.4 is 5.32 Å². The molecule has 2 N–H and O–H groups in total. The van der Waals surface area contributed by atoms with E-state index in [2.05, 4.69) is 5.32 Å². The number of hydrogen-bond acceptors (Lipinski definition) is 2. The van der Waals surface area contributed by atoms with Gasteiger partial charge in [-0.15, -0.1) is 0 Å². The Bertz CT molecular complexity index is 402. The van der Waals surface area contributed by atoms with Crippen molar-refractivity contribution in [3.63, 3.8) is 0 Å². The molecule has 1 aliphatic rings. The van der Waals surface area contributed by atoms with Crippen LogP contribution in [0.25, 0.3) is 0 Å². The van der Waals surface area contributed by atoms with E-state index in [1.165, 1.54) is 12.1 Å². The van der Waals surface area contributed by atoms with Gasteiger partial charge in [-0.2, -0.15) is 0 Å². The highest BCUT2D eigenvalue weighted by atomic mass is 19.1. The topological polar surface area (TPSA) is 49.3 Å². The van der Waals surface area contributed by atoms with E-state index in [1.54, 1.807) is 12.1 Å². The molecule has 0 radical (unpaired) electrons. The van der Waals surface area contributed by atoms with E-state index < -0.39 is 11.9 Å². The predicted molar refractivity (Wildman–Crippen MR) is 62.4 cm³/mol. The lowest BCUT2D eigenvalue weighted by atomic mass is 9.86. The van der Waals surface area contributed by atoms with Crippen LogP contribution in [0.5, 0.6) is 0 Å². The third-order valence-electron chi connectivity index (χ3n) is 3.22. The molecule has 1 aliphatic heterocycles. The summed E-state index contributed by atoms with van der Waals surface area (Å²) in [5.41, 5.74) is 0.539. The van der Waals surface area contributed by atoms with Gasteiger partial charge in [-0.3, -0.25) is 4.79 Å². The zero-order valence-electron chi connectivity index (χ0n) is 9.53. The van der Waals surface area contributed by atoms with Gasteiger partial charge in [0.1, 0.15) is 5.82 Å². The molecule has 4 heteroatoms.